The fraction of sp³-hybridized carbons (Fsp3) is 0.316. The quantitative estimate of drug-likeness (QED) is 0.205. The number of ether oxygens (including phenoxy) is 1. The van der Waals surface area contributed by atoms with Gasteiger partial charge >= 0.3 is 0 Å². The highest BCUT2D eigenvalue weighted by Gasteiger charge is 2.13. The van der Waals surface area contributed by atoms with E-state index in [1.807, 2.05) is 30.3 Å². The fourth-order valence-electron chi connectivity index (χ4n) is 2.41. The number of rotatable bonds is 9. The third kappa shape index (κ3) is 7.74. The summed E-state index contributed by atoms with van der Waals surface area (Å²) in [6.07, 6.45) is 0.937. The Morgan fingerprint density at radius 1 is 1.14 bits per heavy atom. The minimum atomic E-state index is -3.58. The van der Waals surface area contributed by atoms with Crippen LogP contribution >= 0.6 is 24.0 Å². The first-order valence-corrected chi connectivity index (χ1v) is 10.2. The van der Waals surface area contributed by atoms with Gasteiger partial charge in [-0.2, -0.15) is 0 Å². The van der Waals surface area contributed by atoms with Crippen LogP contribution in [0.15, 0.2) is 58.4 Å². The van der Waals surface area contributed by atoms with Gasteiger partial charge < -0.3 is 15.8 Å². The molecular weight excluding hydrogens is 491 g/mol. The number of hydrogen-bond donors (Lipinski definition) is 3. The molecule has 0 amide bonds. The lowest BCUT2D eigenvalue weighted by molar-refractivity contribution is 0.204. The number of aliphatic imine (C=N–C) groups is 1. The van der Waals surface area contributed by atoms with Crippen molar-refractivity contribution in [3.63, 3.8) is 0 Å². The number of halogens is 1. The second-order valence-corrected chi connectivity index (χ2v) is 7.69. The highest BCUT2D eigenvalue weighted by molar-refractivity contribution is 14.0. The molecule has 28 heavy (non-hydrogen) atoms. The van der Waals surface area contributed by atoms with Gasteiger partial charge in [-0.15, -0.1) is 24.0 Å². The number of hydrogen-bond acceptors (Lipinski definition) is 4. The number of nitrogens with zero attached hydrogens (tertiary/aromatic N) is 1. The Kier molecular flexibility index (Phi) is 10.4. The van der Waals surface area contributed by atoms with E-state index in [0.717, 1.165) is 17.7 Å². The molecule has 2 rings (SSSR count). The number of nitrogens with one attached hydrogen (secondary N) is 2. The number of benzene rings is 2. The van der Waals surface area contributed by atoms with Crippen molar-refractivity contribution in [3.05, 3.63) is 59.7 Å². The SMILES string of the molecule is CCc1cccc(NC(N)=NCc2cccc(S(=O)(=O)NCCOC)c2)c1.I. The van der Waals surface area contributed by atoms with Gasteiger partial charge in [-0.05, 0) is 41.8 Å². The first kappa shape index (κ1) is 24.3. The topological polar surface area (TPSA) is 106 Å². The van der Waals surface area contributed by atoms with Crippen molar-refractivity contribution in [1.29, 1.82) is 0 Å². The Morgan fingerprint density at radius 2 is 1.86 bits per heavy atom. The van der Waals surface area contributed by atoms with Crippen LogP contribution in [0.5, 0.6) is 0 Å². The van der Waals surface area contributed by atoms with E-state index < -0.39 is 10.0 Å². The van der Waals surface area contributed by atoms with Crippen molar-refractivity contribution >= 4 is 45.6 Å². The van der Waals surface area contributed by atoms with E-state index in [2.05, 4.69) is 22.0 Å². The van der Waals surface area contributed by atoms with Gasteiger partial charge in [0.1, 0.15) is 0 Å². The van der Waals surface area contributed by atoms with Crippen molar-refractivity contribution in [3.8, 4) is 0 Å². The summed E-state index contributed by atoms with van der Waals surface area (Å²) in [6.45, 7) is 2.88. The predicted octanol–water partition coefficient (Wildman–Crippen LogP) is 2.72. The maximum atomic E-state index is 12.3. The number of methoxy groups -OCH3 is 1. The molecule has 0 atom stereocenters. The van der Waals surface area contributed by atoms with Crippen LogP contribution in [0.3, 0.4) is 0 Å². The molecular formula is C19H27IN4O3S. The molecule has 0 aliphatic carbocycles. The van der Waals surface area contributed by atoms with Crippen molar-refractivity contribution in [2.45, 2.75) is 24.8 Å². The van der Waals surface area contributed by atoms with Gasteiger partial charge in [0.25, 0.3) is 0 Å². The van der Waals surface area contributed by atoms with Gasteiger partial charge in [-0.25, -0.2) is 18.1 Å². The molecule has 0 radical (unpaired) electrons. The predicted molar refractivity (Wildman–Crippen MR) is 124 cm³/mol. The minimum absolute atomic E-state index is 0. The molecule has 7 nitrogen and oxygen atoms in total. The van der Waals surface area contributed by atoms with Crippen LogP contribution in [0.1, 0.15) is 18.1 Å². The van der Waals surface area contributed by atoms with Gasteiger partial charge in [0.15, 0.2) is 5.96 Å². The van der Waals surface area contributed by atoms with Gasteiger partial charge in [0.2, 0.25) is 10.0 Å². The average molecular weight is 518 g/mol. The van der Waals surface area contributed by atoms with Gasteiger partial charge in [0.05, 0.1) is 18.0 Å². The van der Waals surface area contributed by atoms with Gasteiger partial charge in [0, 0.05) is 19.3 Å². The summed E-state index contributed by atoms with van der Waals surface area (Å²) in [5, 5.41) is 3.05. The minimum Gasteiger partial charge on any atom is -0.383 e. The number of nitrogens with two attached hydrogens (primary N) is 1. The number of guanidine groups is 1. The molecule has 0 heterocycles. The summed E-state index contributed by atoms with van der Waals surface area (Å²) in [4.78, 5) is 4.48. The van der Waals surface area contributed by atoms with Crippen molar-refractivity contribution < 1.29 is 13.2 Å². The van der Waals surface area contributed by atoms with E-state index in [0.29, 0.717) is 6.61 Å². The maximum Gasteiger partial charge on any atom is 0.240 e. The summed E-state index contributed by atoms with van der Waals surface area (Å²) in [6, 6.07) is 14.6. The Hall–Kier alpha value is -1.69. The Labute approximate surface area is 183 Å². The molecule has 154 valence electrons. The summed E-state index contributed by atoms with van der Waals surface area (Å²) in [7, 11) is -2.06. The largest absolute Gasteiger partial charge is 0.383 e. The van der Waals surface area contributed by atoms with Crippen LogP contribution < -0.4 is 15.8 Å². The molecule has 2 aromatic rings. The maximum absolute atomic E-state index is 12.3. The smallest absolute Gasteiger partial charge is 0.240 e. The monoisotopic (exact) mass is 518 g/mol. The van der Waals surface area contributed by atoms with Gasteiger partial charge in [-0.3, -0.25) is 0 Å². The molecule has 0 fully saturated rings. The molecule has 9 heteroatoms. The molecule has 0 unspecified atom stereocenters. The summed E-state index contributed by atoms with van der Waals surface area (Å²) in [5.41, 5.74) is 8.76. The molecule has 0 aliphatic heterocycles. The van der Waals surface area contributed by atoms with Crippen molar-refractivity contribution in [2.75, 3.05) is 25.6 Å². The normalized spacial score (nSPS) is 11.7. The number of sulfonamides is 1. The second kappa shape index (κ2) is 12.0. The highest BCUT2D eigenvalue weighted by atomic mass is 127. The van der Waals surface area contributed by atoms with Crippen LogP contribution in [0.25, 0.3) is 0 Å². The summed E-state index contributed by atoms with van der Waals surface area (Å²) in [5.74, 6) is 0.273. The highest BCUT2D eigenvalue weighted by Crippen LogP contribution is 2.13. The third-order valence-electron chi connectivity index (χ3n) is 3.85. The molecule has 0 aromatic heterocycles. The van der Waals surface area contributed by atoms with Crippen LogP contribution in [0, 0.1) is 0 Å². The molecule has 0 bridgehead atoms. The van der Waals surface area contributed by atoms with E-state index in [9.17, 15) is 8.42 Å². The standard InChI is InChI=1S/C19H26N4O3S.HI/c1-3-15-6-4-8-17(12-15)23-19(20)21-14-16-7-5-9-18(13-16)27(24,25)22-10-11-26-2;/h4-9,12-13,22H,3,10-11,14H2,1-2H3,(H3,20,21,23);1H. The lowest BCUT2D eigenvalue weighted by Crippen LogP contribution is -2.27. The Balaban J connectivity index is 0.00000392. The van der Waals surface area contributed by atoms with Crippen LogP contribution in [0.4, 0.5) is 5.69 Å². The number of anilines is 1. The lowest BCUT2D eigenvalue weighted by atomic mass is 10.1. The first-order chi connectivity index (χ1) is 12.9. The van der Waals surface area contributed by atoms with E-state index in [1.54, 1.807) is 18.2 Å². The molecule has 0 spiro atoms. The zero-order valence-corrected chi connectivity index (χ0v) is 19.2. The molecule has 2 aromatic carbocycles. The molecule has 0 saturated carbocycles. The summed E-state index contributed by atoms with van der Waals surface area (Å²) < 4.78 is 31.9. The fourth-order valence-corrected chi connectivity index (χ4v) is 3.49. The first-order valence-electron chi connectivity index (χ1n) is 8.68. The lowest BCUT2D eigenvalue weighted by Gasteiger charge is -2.09. The van der Waals surface area contributed by atoms with Crippen LogP contribution in [0.2, 0.25) is 0 Å². The number of aryl methyl sites for hydroxylation is 1. The molecule has 4 N–H and O–H groups in total. The van der Waals surface area contributed by atoms with Crippen molar-refractivity contribution in [2.24, 2.45) is 10.7 Å². The van der Waals surface area contributed by atoms with E-state index in [4.69, 9.17) is 10.5 Å². The zero-order chi connectivity index (χ0) is 19.7. The Bertz CT molecular complexity index is 888. The van der Waals surface area contributed by atoms with Crippen LogP contribution in [-0.2, 0) is 27.7 Å². The van der Waals surface area contributed by atoms with E-state index in [1.165, 1.54) is 12.7 Å². The Morgan fingerprint density at radius 3 is 2.57 bits per heavy atom. The summed E-state index contributed by atoms with van der Waals surface area (Å²) >= 11 is 0. The van der Waals surface area contributed by atoms with Gasteiger partial charge in [-0.1, -0.05) is 31.2 Å². The van der Waals surface area contributed by atoms with E-state index >= 15 is 0 Å². The third-order valence-corrected chi connectivity index (χ3v) is 5.31. The molecule has 0 aliphatic rings. The second-order valence-electron chi connectivity index (χ2n) is 5.92. The van der Waals surface area contributed by atoms with Crippen molar-refractivity contribution in [1.82, 2.24) is 4.72 Å². The zero-order valence-electron chi connectivity index (χ0n) is 16.0. The average Bonchev–Trinajstić information content (AvgIpc) is 2.67. The van der Waals surface area contributed by atoms with Crippen LogP contribution in [-0.4, -0.2) is 34.6 Å². The van der Waals surface area contributed by atoms with E-state index in [-0.39, 0.29) is 47.9 Å². The molecule has 0 saturated heterocycles.